The van der Waals surface area contributed by atoms with Crippen LogP contribution in [-0.4, -0.2) is 30.6 Å². The van der Waals surface area contributed by atoms with Crippen LogP contribution in [-0.2, 0) is 16.0 Å². The Morgan fingerprint density at radius 1 is 1.33 bits per heavy atom. The van der Waals surface area contributed by atoms with E-state index in [1.54, 1.807) is 6.92 Å². The summed E-state index contributed by atoms with van der Waals surface area (Å²) >= 11 is 0. The van der Waals surface area contributed by atoms with Crippen LogP contribution in [0.1, 0.15) is 12.5 Å². The normalized spacial score (nSPS) is 10.5. The van der Waals surface area contributed by atoms with Crippen molar-refractivity contribution in [2.45, 2.75) is 13.3 Å². The lowest BCUT2D eigenvalue weighted by Crippen LogP contribution is -2.24. The molecule has 2 rings (SSSR count). The molecule has 0 saturated heterocycles. The maximum absolute atomic E-state index is 11.4. The average molecular weight is 284 g/mol. The molecule has 1 heterocycles. The molecule has 2 aromatic rings. The minimum atomic E-state index is -0.336. The molecule has 0 spiro atoms. The first-order valence-electron chi connectivity index (χ1n) is 7.10. The molecule has 0 amide bonds. The molecule has 0 aliphatic rings. The molecule has 0 unspecified atom stereocenters. The smallest absolute Gasteiger partial charge is 0.334 e. The van der Waals surface area contributed by atoms with Gasteiger partial charge < -0.3 is 10.1 Å². The topological polar surface area (TPSA) is 51.2 Å². The van der Waals surface area contributed by atoms with Crippen LogP contribution < -0.4 is 5.32 Å². The van der Waals surface area contributed by atoms with Crippen LogP contribution in [0.5, 0.6) is 0 Å². The van der Waals surface area contributed by atoms with Gasteiger partial charge in [-0.2, -0.15) is 0 Å². The summed E-state index contributed by atoms with van der Waals surface area (Å²) < 4.78 is 4.89. The van der Waals surface area contributed by atoms with Crippen LogP contribution in [0.4, 0.5) is 0 Å². The first kappa shape index (κ1) is 15.2. The second kappa shape index (κ2) is 7.55. The molecule has 1 aromatic carbocycles. The number of aromatic nitrogens is 1. The Labute approximate surface area is 124 Å². The Morgan fingerprint density at radius 3 is 2.95 bits per heavy atom. The second-order valence-corrected chi connectivity index (χ2v) is 4.74. The van der Waals surface area contributed by atoms with Crippen LogP contribution in [0.3, 0.4) is 0 Å². The third-order valence-electron chi connectivity index (χ3n) is 3.19. The molecular weight excluding hydrogens is 264 g/mol. The zero-order chi connectivity index (χ0) is 15.1. The Hall–Kier alpha value is -2.20. The number of rotatable bonds is 7. The van der Waals surface area contributed by atoms with Crippen molar-refractivity contribution in [2.75, 3.05) is 19.7 Å². The van der Waals surface area contributed by atoms with Crippen LogP contribution in [0.25, 0.3) is 10.9 Å². The van der Waals surface area contributed by atoms with E-state index >= 15 is 0 Å². The first-order valence-corrected chi connectivity index (χ1v) is 7.10. The minimum absolute atomic E-state index is 0.336. The molecule has 0 aliphatic carbocycles. The number of pyridine rings is 1. The van der Waals surface area contributed by atoms with Gasteiger partial charge in [0.1, 0.15) is 0 Å². The van der Waals surface area contributed by atoms with Crippen LogP contribution in [0.2, 0.25) is 0 Å². The Kier molecular flexibility index (Phi) is 5.46. The molecule has 1 N–H and O–H groups in total. The van der Waals surface area contributed by atoms with Crippen molar-refractivity contribution in [1.82, 2.24) is 10.3 Å². The average Bonchev–Trinajstić information content (AvgIpc) is 2.51. The molecule has 110 valence electrons. The van der Waals surface area contributed by atoms with E-state index < -0.39 is 0 Å². The largest absolute Gasteiger partial charge is 0.463 e. The molecule has 1 aromatic heterocycles. The van der Waals surface area contributed by atoms with Gasteiger partial charge in [-0.15, -0.1) is 0 Å². The van der Waals surface area contributed by atoms with Gasteiger partial charge in [0.25, 0.3) is 0 Å². The van der Waals surface area contributed by atoms with Gasteiger partial charge in [-0.25, -0.2) is 4.79 Å². The van der Waals surface area contributed by atoms with Crippen molar-refractivity contribution in [2.24, 2.45) is 0 Å². The van der Waals surface area contributed by atoms with Crippen molar-refractivity contribution in [3.63, 3.8) is 0 Å². The maximum atomic E-state index is 11.4. The number of fused-ring (bicyclic) bond motifs is 1. The van der Waals surface area contributed by atoms with Crippen LogP contribution in [0, 0.1) is 0 Å². The van der Waals surface area contributed by atoms with E-state index in [0.717, 1.165) is 23.9 Å². The summed E-state index contributed by atoms with van der Waals surface area (Å²) in [6.45, 7) is 7.08. The number of nitrogens with one attached hydrogen (secondary N) is 1. The molecule has 0 atom stereocenters. The minimum Gasteiger partial charge on any atom is -0.463 e. The predicted octanol–water partition coefficient (Wildman–Crippen LogP) is 2.49. The van der Waals surface area contributed by atoms with Crippen LogP contribution in [0.15, 0.2) is 48.7 Å². The van der Waals surface area contributed by atoms with E-state index in [9.17, 15) is 4.79 Å². The Balaban J connectivity index is 1.86. The summed E-state index contributed by atoms with van der Waals surface area (Å²) in [6, 6.07) is 10.2. The van der Waals surface area contributed by atoms with Gasteiger partial charge in [0.2, 0.25) is 0 Å². The number of hydrogen-bond donors (Lipinski definition) is 1. The second-order valence-electron chi connectivity index (χ2n) is 4.74. The number of carbonyl (C=O) groups is 1. The Morgan fingerprint density at radius 2 is 2.14 bits per heavy atom. The quantitative estimate of drug-likeness (QED) is 0.482. The number of carbonyl (C=O) groups excluding carboxylic acids is 1. The van der Waals surface area contributed by atoms with Gasteiger partial charge in [0, 0.05) is 23.7 Å². The summed E-state index contributed by atoms with van der Waals surface area (Å²) in [5, 5.41) is 4.35. The van der Waals surface area contributed by atoms with E-state index in [4.69, 9.17) is 4.74 Å². The maximum Gasteiger partial charge on any atom is 0.334 e. The summed E-state index contributed by atoms with van der Waals surface area (Å²) in [5.41, 5.74) is 2.68. The van der Waals surface area contributed by atoms with Crippen molar-refractivity contribution in [3.05, 3.63) is 54.2 Å². The number of ether oxygens (including phenoxy) is 1. The highest BCUT2D eigenvalue weighted by Gasteiger charge is 2.07. The fourth-order valence-electron chi connectivity index (χ4n) is 2.14. The highest BCUT2D eigenvalue weighted by molar-refractivity contribution is 5.88. The van der Waals surface area contributed by atoms with E-state index in [2.05, 4.69) is 35.1 Å². The van der Waals surface area contributed by atoms with Crippen molar-refractivity contribution >= 4 is 16.9 Å². The van der Waals surface area contributed by atoms with Gasteiger partial charge in [-0.05, 0) is 31.5 Å². The highest BCUT2D eigenvalue weighted by Crippen LogP contribution is 2.15. The summed E-state index contributed by atoms with van der Waals surface area (Å²) in [6.07, 6.45) is 2.66. The number of nitrogens with zero attached hydrogens (tertiary/aromatic N) is 1. The number of para-hydroxylation sites is 1. The molecular formula is C17H20N2O2. The third kappa shape index (κ3) is 4.13. The fourth-order valence-corrected chi connectivity index (χ4v) is 2.14. The summed E-state index contributed by atoms with van der Waals surface area (Å²) in [5.74, 6) is -0.336. The van der Waals surface area contributed by atoms with Gasteiger partial charge in [-0.1, -0.05) is 30.8 Å². The van der Waals surface area contributed by atoms with E-state index in [-0.39, 0.29) is 5.97 Å². The number of esters is 1. The SMILES string of the molecule is C=C(CNCCc1cccc2cccnc12)C(=O)OCC. The van der Waals surface area contributed by atoms with Gasteiger partial charge in [0.05, 0.1) is 12.1 Å². The fraction of sp³-hybridized carbons (Fsp3) is 0.294. The molecule has 0 bridgehead atoms. The van der Waals surface area contributed by atoms with E-state index in [1.165, 1.54) is 5.56 Å². The lowest BCUT2D eigenvalue weighted by atomic mass is 10.1. The monoisotopic (exact) mass is 284 g/mol. The van der Waals surface area contributed by atoms with Gasteiger partial charge in [-0.3, -0.25) is 4.98 Å². The zero-order valence-electron chi connectivity index (χ0n) is 12.3. The molecule has 0 aliphatic heterocycles. The van der Waals surface area contributed by atoms with E-state index in [1.807, 2.05) is 18.3 Å². The van der Waals surface area contributed by atoms with Crippen molar-refractivity contribution < 1.29 is 9.53 Å². The summed E-state index contributed by atoms with van der Waals surface area (Å²) in [4.78, 5) is 15.8. The highest BCUT2D eigenvalue weighted by atomic mass is 16.5. The standard InChI is InChI=1S/C17H20N2O2/c1-3-21-17(20)13(2)12-18-11-9-15-7-4-6-14-8-5-10-19-16(14)15/h4-8,10,18H,2-3,9,11-12H2,1H3. The lowest BCUT2D eigenvalue weighted by Gasteiger charge is -2.08. The molecule has 0 radical (unpaired) electrons. The zero-order valence-corrected chi connectivity index (χ0v) is 12.3. The van der Waals surface area contributed by atoms with E-state index in [0.29, 0.717) is 18.7 Å². The van der Waals surface area contributed by atoms with Gasteiger partial charge >= 0.3 is 5.97 Å². The Bertz CT molecular complexity index is 632. The lowest BCUT2D eigenvalue weighted by molar-refractivity contribution is -0.138. The molecule has 4 nitrogen and oxygen atoms in total. The summed E-state index contributed by atoms with van der Waals surface area (Å²) in [7, 11) is 0. The molecule has 21 heavy (non-hydrogen) atoms. The van der Waals surface area contributed by atoms with Crippen molar-refractivity contribution in [3.8, 4) is 0 Å². The molecule has 0 fully saturated rings. The van der Waals surface area contributed by atoms with Crippen LogP contribution >= 0.6 is 0 Å². The number of benzene rings is 1. The first-order chi connectivity index (χ1) is 10.2. The third-order valence-corrected chi connectivity index (χ3v) is 3.19. The number of hydrogen-bond acceptors (Lipinski definition) is 4. The molecule has 0 saturated carbocycles. The van der Waals surface area contributed by atoms with Crippen molar-refractivity contribution in [1.29, 1.82) is 0 Å². The molecule has 4 heteroatoms. The van der Waals surface area contributed by atoms with Gasteiger partial charge in [0.15, 0.2) is 0 Å². The predicted molar refractivity (Wildman–Crippen MR) is 84.1 cm³/mol.